The van der Waals surface area contributed by atoms with Gasteiger partial charge >= 0.3 is 0 Å². The molecule has 4 aromatic rings. The molecule has 0 fully saturated rings. The minimum atomic E-state index is -3.93. The number of allylic oxidation sites excluding steroid dienone is 1. The second-order valence-corrected chi connectivity index (χ2v) is 19.4. The van der Waals surface area contributed by atoms with Gasteiger partial charge in [0, 0.05) is 19.7 Å². The number of aliphatic hydroxyl groups is 1. The molecular weight excluding hydrogens is 675 g/mol. The number of aliphatic hydroxyl groups excluding tert-OH is 1. The van der Waals surface area contributed by atoms with Gasteiger partial charge in [-0.1, -0.05) is 112 Å². The van der Waals surface area contributed by atoms with E-state index in [1.165, 1.54) is 14.7 Å². The van der Waals surface area contributed by atoms with Crippen LogP contribution in [-0.4, -0.2) is 58.3 Å². The van der Waals surface area contributed by atoms with Crippen molar-refractivity contribution in [3.8, 4) is 11.5 Å². The summed E-state index contributed by atoms with van der Waals surface area (Å²) in [5, 5.41) is 13.1. The summed E-state index contributed by atoms with van der Waals surface area (Å²) in [7, 11) is -3.40. The fourth-order valence-corrected chi connectivity index (χ4v) is 13.3. The van der Waals surface area contributed by atoms with Crippen LogP contribution in [0.25, 0.3) is 0 Å². The number of hydrogen-bond donors (Lipinski definition) is 1. The van der Waals surface area contributed by atoms with E-state index >= 15 is 0 Å². The maximum Gasteiger partial charge on any atom is 0.255 e. The second kappa shape index (κ2) is 19.2. The molecule has 0 aliphatic heterocycles. The van der Waals surface area contributed by atoms with Crippen molar-refractivity contribution in [2.45, 2.75) is 70.5 Å². The summed E-state index contributed by atoms with van der Waals surface area (Å²) in [4.78, 5) is 0. The van der Waals surface area contributed by atoms with E-state index in [1.807, 2.05) is 67.6 Å². The Labute approximate surface area is 307 Å². The van der Waals surface area contributed by atoms with Crippen molar-refractivity contribution < 1.29 is 27.4 Å². The fourth-order valence-electron chi connectivity index (χ4n) is 6.73. The summed E-state index contributed by atoms with van der Waals surface area (Å²) in [6.45, 7) is 10.9. The van der Waals surface area contributed by atoms with Crippen LogP contribution < -0.4 is 19.8 Å². The molecule has 0 unspecified atom stereocenters. The largest absolute Gasteiger partial charge is 0.497 e. The Morgan fingerprint density at radius 2 is 1.24 bits per heavy atom. The fraction of sp³-hybridized carbons (Fsp3) is 0.381. The van der Waals surface area contributed by atoms with Crippen LogP contribution in [0.1, 0.15) is 51.2 Å². The zero-order valence-corrected chi connectivity index (χ0v) is 32.6. The van der Waals surface area contributed by atoms with E-state index in [-0.39, 0.29) is 25.4 Å². The van der Waals surface area contributed by atoms with Gasteiger partial charge < -0.3 is 19.0 Å². The van der Waals surface area contributed by atoms with Crippen molar-refractivity contribution in [2.24, 2.45) is 11.8 Å². The summed E-state index contributed by atoms with van der Waals surface area (Å²) >= 11 is 0. The van der Waals surface area contributed by atoms with Crippen LogP contribution in [0.3, 0.4) is 0 Å². The first-order valence-electron chi connectivity index (χ1n) is 17.8. The number of methoxy groups -OCH3 is 2. The molecule has 9 heteroatoms. The zero-order chi connectivity index (χ0) is 36.9. The molecular formula is C42H55NO6SSi. The summed E-state index contributed by atoms with van der Waals surface area (Å²) in [6, 6.07) is 36.6. The third-order valence-electron chi connectivity index (χ3n) is 9.43. The molecule has 4 rings (SSSR count). The molecule has 0 heterocycles. The van der Waals surface area contributed by atoms with E-state index in [9.17, 15) is 13.5 Å². The van der Waals surface area contributed by atoms with Gasteiger partial charge in [-0.3, -0.25) is 0 Å². The molecule has 3 atom stereocenters. The highest BCUT2D eigenvalue weighted by atomic mass is 32.2. The van der Waals surface area contributed by atoms with Gasteiger partial charge in [0.05, 0.1) is 25.6 Å². The molecule has 4 aromatic carbocycles. The molecule has 0 amide bonds. The summed E-state index contributed by atoms with van der Waals surface area (Å²) in [5.41, 5.74) is 1.68. The number of nitrogens with zero attached hydrogens (tertiary/aromatic N) is 1. The highest BCUT2D eigenvalue weighted by Gasteiger charge is 2.41. The first kappa shape index (κ1) is 40.0. The average Bonchev–Trinajstić information content (AvgIpc) is 3.14. The predicted molar refractivity (Wildman–Crippen MR) is 211 cm³/mol. The Morgan fingerprint density at radius 3 is 1.65 bits per heavy atom. The molecule has 0 saturated heterocycles. The smallest absolute Gasteiger partial charge is 0.255 e. The van der Waals surface area contributed by atoms with Gasteiger partial charge in [0.2, 0.25) is 10.0 Å². The van der Waals surface area contributed by atoms with Crippen molar-refractivity contribution in [1.29, 1.82) is 0 Å². The van der Waals surface area contributed by atoms with E-state index in [0.29, 0.717) is 36.9 Å². The lowest BCUT2D eigenvalue weighted by Crippen LogP contribution is -2.61. The van der Waals surface area contributed by atoms with Gasteiger partial charge in [-0.05, 0) is 82.9 Å². The van der Waals surface area contributed by atoms with E-state index < -0.39 is 29.7 Å². The van der Waals surface area contributed by atoms with Crippen LogP contribution in [0.15, 0.2) is 122 Å². The van der Waals surface area contributed by atoms with Crippen molar-refractivity contribution in [3.63, 3.8) is 0 Å². The van der Waals surface area contributed by atoms with E-state index in [2.05, 4.69) is 69.0 Å². The number of sulfonamides is 1. The highest BCUT2D eigenvalue weighted by Crippen LogP contribution is 2.29. The third kappa shape index (κ3) is 10.9. The SMILES string of the molecule is C=CC[C@H](C)[C@H](C[C@@H](O)CCO[Si](CC(C)C)(c1ccccc1)c1ccccc1)S(=O)(=O)N(Cc1ccc(OC)cc1)Cc1ccc(OC)cc1. The van der Waals surface area contributed by atoms with Crippen LogP contribution in [0.5, 0.6) is 11.5 Å². The Morgan fingerprint density at radius 1 is 0.765 bits per heavy atom. The van der Waals surface area contributed by atoms with Gasteiger partial charge in [0.15, 0.2) is 0 Å². The highest BCUT2D eigenvalue weighted by molar-refractivity contribution is 7.89. The molecule has 0 bridgehead atoms. The van der Waals surface area contributed by atoms with Gasteiger partial charge in [-0.2, -0.15) is 4.31 Å². The average molecular weight is 730 g/mol. The Kier molecular flexibility index (Phi) is 15.1. The third-order valence-corrected chi connectivity index (χ3v) is 16.5. The number of benzene rings is 4. The maximum absolute atomic E-state index is 14.8. The topological polar surface area (TPSA) is 85.3 Å². The number of rotatable bonds is 21. The molecule has 0 aliphatic carbocycles. The molecule has 274 valence electrons. The normalized spacial score (nSPS) is 13.9. The molecule has 0 aliphatic rings. The van der Waals surface area contributed by atoms with Crippen LogP contribution in [0.4, 0.5) is 0 Å². The second-order valence-electron chi connectivity index (χ2n) is 13.7. The minimum absolute atomic E-state index is 0.0812. The number of hydrogen-bond acceptors (Lipinski definition) is 6. The lowest BCUT2D eigenvalue weighted by Gasteiger charge is -2.35. The van der Waals surface area contributed by atoms with Gasteiger partial charge in [-0.25, -0.2) is 8.42 Å². The van der Waals surface area contributed by atoms with Crippen LogP contribution >= 0.6 is 0 Å². The molecule has 0 spiro atoms. The standard InChI is InChI=1S/C42H55NO6SSi/c1-7-14-34(4)42(50(45,46)43(30-35-19-23-38(47-5)24-20-35)31-36-21-25-39(48-6)26-22-36)29-37(44)27-28-49-51(32-33(2)3,40-15-10-8-11-16-40)41-17-12-9-13-18-41/h7-13,15-26,33-34,37,42,44H,1,14,27-32H2,2-6H3/t34-,37-,42-/m0/s1. The van der Waals surface area contributed by atoms with Crippen molar-refractivity contribution in [1.82, 2.24) is 4.31 Å². The first-order chi connectivity index (χ1) is 24.5. The Bertz CT molecular complexity index is 1630. The quantitative estimate of drug-likeness (QED) is 0.0723. The lowest BCUT2D eigenvalue weighted by atomic mass is 9.98. The molecule has 7 nitrogen and oxygen atoms in total. The zero-order valence-electron chi connectivity index (χ0n) is 30.8. The van der Waals surface area contributed by atoms with E-state index in [4.69, 9.17) is 13.9 Å². The Hall–Kier alpha value is -3.73. The molecule has 0 radical (unpaired) electrons. The first-order valence-corrected chi connectivity index (χ1v) is 21.4. The van der Waals surface area contributed by atoms with Gasteiger partial charge in [0.25, 0.3) is 8.32 Å². The monoisotopic (exact) mass is 729 g/mol. The molecule has 0 aromatic heterocycles. The van der Waals surface area contributed by atoms with Crippen LogP contribution in [0, 0.1) is 11.8 Å². The Balaban J connectivity index is 1.60. The van der Waals surface area contributed by atoms with Crippen LogP contribution in [-0.2, 0) is 27.5 Å². The predicted octanol–water partition coefficient (Wildman–Crippen LogP) is 7.19. The molecule has 1 N–H and O–H groups in total. The van der Waals surface area contributed by atoms with Gasteiger partial charge in [0.1, 0.15) is 11.5 Å². The molecule has 0 saturated carbocycles. The maximum atomic E-state index is 14.8. The minimum Gasteiger partial charge on any atom is -0.497 e. The van der Waals surface area contributed by atoms with E-state index in [1.54, 1.807) is 20.3 Å². The molecule has 51 heavy (non-hydrogen) atoms. The van der Waals surface area contributed by atoms with Crippen molar-refractivity contribution in [3.05, 3.63) is 133 Å². The van der Waals surface area contributed by atoms with E-state index in [0.717, 1.165) is 17.2 Å². The number of ether oxygens (including phenoxy) is 2. The van der Waals surface area contributed by atoms with Crippen molar-refractivity contribution >= 4 is 28.7 Å². The van der Waals surface area contributed by atoms with Gasteiger partial charge in [-0.15, -0.1) is 6.58 Å². The summed E-state index contributed by atoms with van der Waals surface area (Å²) in [6.07, 6.45) is 1.76. The van der Waals surface area contributed by atoms with Crippen LogP contribution in [0.2, 0.25) is 6.04 Å². The lowest BCUT2D eigenvalue weighted by molar-refractivity contribution is 0.123. The summed E-state index contributed by atoms with van der Waals surface area (Å²) < 4.78 is 48.7. The van der Waals surface area contributed by atoms with Crippen molar-refractivity contribution in [2.75, 3.05) is 20.8 Å². The summed E-state index contributed by atoms with van der Waals surface area (Å²) in [5.74, 6) is 1.51.